The smallest absolute Gasteiger partial charge is 0.341 e. The fraction of sp³-hybridized carbons (Fsp3) is 0.583. The van der Waals surface area contributed by atoms with E-state index in [2.05, 4.69) is 4.90 Å². The molecule has 0 radical (unpaired) electrons. The van der Waals surface area contributed by atoms with Crippen LogP contribution in [0, 0.1) is 17.3 Å². The Morgan fingerprint density at radius 3 is 2.08 bits per heavy atom. The van der Waals surface area contributed by atoms with Gasteiger partial charge in [0.1, 0.15) is 11.0 Å². The molecule has 3 saturated heterocycles. The maximum atomic E-state index is 14.1. The second-order valence-corrected chi connectivity index (χ2v) is 16.9. The van der Waals surface area contributed by atoms with E-state index >= 15 is 0 Å². The summed E-state index contributed by atoms with van der Waals surface area (Å²) in [5, 5.41) is 0. The fourth-order valence-electron chi connectivity index (χ4n) is 8.24. The summed E-state index contributed by atoms with van der Waals surface area (Å²) in [6.07, 6.45) is -2.57. The van der Waals surface area contributed by atoms with Crippen LogP contribution in [0.1, 0.15) is 63.0 Å². The lowest BCUT2D eigenvalue weighted by Gasteiger charge is -2.44. The highest BCUT2D eigenvalue weighted by molar-refractivity contribution is 7.90. The molecule has 3 aliphatic heterocycles. The van der Waals surface area contributed by atoms with E-state index in [1.807, 2.05) is 44.2 Å². The van der Waals surface area contributed by atoms with Crippen molar-refractivity contribution >= 4 is 40.1 Å². The van der Waals surface area contributed by atoms with Crippen molar-refractivity contribution in [2.45, 2.75) is 75.0 Å². The molecule has 14 heteroatoms. The molecule has 4 amide bonds. The van der Waals surface area contributed by atoms with Gasteiger partial charge in [0.25, 0.3) is 5.91 Å². The number of piperidine rings is 1. The Morgan fingerprint density at radius 1 is 0.940 bits per heavy atom. The lowest BCUT2D eigenvalue weighted by Crippen LogP contribution is -2.57. The third-order valence-corrected chi connectivity index (χ3v) is 12.3. The van der Waals surface area contributed by atoms with Gasteiger partial charge in [-0.15, -0.1) is 12.4 Å². The van der Waals surface area contributed by atoms with Gasteiger partial charge in [-0.1, -0.05) is 62.7 Å². The Bertz CT molecular complexity index is 1680. The number of benzene rings is 2. The molecule has 2 aromatic rings. The van der Waals surface area contributed by atoms with E-state index in [1.54, 1.807) is 17.0 Å². The Kier molecular flexibility index (Phi) is 10.7. The van der Waals surface area contributed by atoms with Crippen LogP contribution >= 0.6 is 12.4 Å². The molecule has 0 unspecified atom stereocenters. The number of imide groups is 1. The van der Waals surface area contributed by atoms with E-state index in [-0.39, 0.29) is 79.5 Å². The molecule has 1 spiro atoms. The van der Waals surface area contributed by atoms with Crippen LogP contribution in [-0.4, -0.2) is 103 Å². The number of likely N-dealkylation sites (tertiary alicyclic amines) is 2. The predicted molar refractivity (Wildman–Crippen MR) is 184 cm³/mol. The number of alkyl halides is 3. The normalized spacial score (nSPS) is 23.8. The first kappa shape index (κ1) is 38.1. The third kappa shape index (κ3) is 6.89. The highest BCUT2D eigenvalue weighted by atomic mass is 35.5. The van der Waals surface area contributed by atoms with Gasteiger partial charge in [0.15, 0.2) is 9.84 Å². The summed E-state index contributed by atoms with van der Waals surface area (Å²) in [6, 6.07) is 15.5. The van der Waals surface area contributed by atoms with Crippen molar-refractivity contribution in [2.75, 3.05) is 45.5 Å². The first-order chi connectivity index (χ1) is 23.1. The third-order valence-electron chi connectivity index (χ3n) is 11.2. The molecule has 0 N–H and O–H groups in total. The number of amides is 4. The van der Waals surface area contributed by atoms with Gasteiger partial charge in [0.05, 0.1) is 11.4 Å². The predicted octanol–water partition coefficient (Wildman–Crippen LogP) is 5.74. The van der Waals surface area contributed by atoms with E-state index in [9.17, 15) is 36.0 Å². The van der Waals surface area contributed by atoms with E-state index in [0.29, 0.717) is 51.0 Å². The molecule has 0 aromatic heterocycles. The molecule has 0 bridgehead atoms. The Labute approximate surface area is 298 Å². The average Bonchev–Trinajstić information content (AvgIpc) is 3.51. The zero-order valence-corrected chi connectivity index (χ0v) is 30.3. The number of carbonyl (C=O) groups is 3. The highest BCUT2D eigenvalue weighted by Crippen LogP contribution is 2.55. The second kappa shape index (κ2) is 14.1. The fourth-order valence-corrected chi connectivity index (χ4v) is 8.87. The Balaban J connectivity index is 0.00000486. The van der Waals surface area contributed by atoms with Crippen molar-refractivity contribution in [3.8, 4) is 0 Å². The van der Waals surface area contributed by atoms with Gasteiger partial charge < -0.3 is 14.7 Å². The molecule has 4 fully saturated rings. The highest BCUT2D eigenvalue weighted by Gasteiger charge is 2.65. The summed E-state index contributed by atoms with van der Waals surface area (Å²) in [6.45, 7) is 6.50. The summed E-state index contributed by atoms with van der Waals surface area (Å²) in [5.74, 6) is -1.17. The van der Waals surface area contributed by atoms with Crippen LogP contribution in [0.3, 0.4) is 0 Å². The van der Waals surface area contributed by atoms with Gasteiger partial charge in [-0.25, -0.2) is 13.2 Å². The lowest BCUT2D eigenvalue weighted by atomic mass is 9.67. The largest absolute Gasteiger partial charge is 0.403 e. The quantitative estimate of drug-likeness (QED) is 0.305. The van der Waals surface area contributed by atoms with Crippen molar-refractivity contribution in [1.82, 2.24) is 19.6 Å². The SMILES string of the molecule is CC(C)CN1C(=O)N(Cc2ccc(S(C)(=O)=O)cc2)C(=O)C12CCN(C[C@H]1CN(C(=O)C3(C(F)(F)F)CCC3)C[C@@H]1c1ccccc1)CC2.Cl. The molecule has 9 nitrogen and oxygen atoms in total. The summed E-state index contributed by atoms with van der Waals surface area (Å²) in [5.41, 5.74) is -1.65. The monoisotopic (exact) mass is 738 g/mol. The van der Waals surface area contributed by atoms with Crippen molar-refractivity contribution in [2.24, 2.45) is 17.3 Å². The Hall–Kier alpha value is -3.16. The van der Waals surface area contributed by atoms with Gasteiger partial charge in [-0.05, 0) is 60.8 Å². The van der Waals surface area contributed by atoms with Gasteiger partial charge in [0, 0.05) is 51.4 Å². The molecule has 2 atom stereocenters. The van der Waals surface area contributed by atoms with E-state index in [1.165, 1.54) is 21.9 Å². The number of halogens is 4. The maximum absolute atomic E-state index is 14.1. The Morgan fingerprint density at radius 2 is 1.56 bits per heavy atom. The number of rotatable bonds is 9. The zero-order chi connectivity index (χ0) is 35.4. The van der Waals surface area contributed by atoms with Crippen molar-refractivity contribution in [3.63, 3.8) is 0 Å². The van der Waals surface area contributed by atoms with E-state index < -0.39 is 32.9 Å². The molecular weight excluding hydrogens is 693 g/mol. The number of urea groups is 1. The molecular formula is C36H46ClF3N4O5S. The molecule has 6 rings (SSSR count). The molecule has 4 aliphatic rings. The standard InChI is InChI=1S/C36H45F3N4O5S.ClH/c1-25(2)20-43-33(46)42(21-26-10-12-29(13-11-26)49(3,47)48)32(45)35(43)16-18-40(19-17-35)22-28-23-41(24-30(28)27-8-5-4-6-9-27)31(44)34(14-7-15-34)36(37,38)39;/h4-6,8-13,25,28,30H,7,14-24H2,1-3H3;1H/t28-,30+;/m0./s1. The van der Waals surface area contributed by atoms with Gasteiger partial charge in [-0.2, -0.15) is 13.2 Å². The molecule has 3 heterocycles. The number of carbonyl (C=O) groups excluding carboxylic acids is 3. The van der Waals surface area contributed by atoms with Crippen LogP contribution in [0.4, 0.5) is 18.0 Å². The van der Waals surface area contributed by atoms with E-state index in [4.69, 9.17) is 0 Å². The number of nitrogens with zero attached hydrogens (tertiary/aromatic N) is 4. The summed E-state index contributed by atoms with van der Waals surface area (Å²) in [7, 11) is -3.39. The minimum Gasteiger partial charge on any atom is -0.341 e. The van der Waals surface area contributed by atoms with Crippen LogP contribution in [0.5, 0.6) is 0 Å². The summed E-state index contributed by atoms with van der Waals surface area (Å²) >= 11 is 0. The minimum atomic E-state index is -4.58. The van der Waals surface area contributed by atoms with Gasteiger partial charge in [0.2, 0.25) is 5.91 Å². The van der Waals surface area contributed by atoms with Crippen LogP contribution in [0.2, 0.25) is 0 Å². The lowest BCUT2D eigenvalue weighted by molar-refractivity contribution is -0.248. The number of hydrogen-bond donors (Lipinski definition) is 0. The van der Waals surface area contributed by atoms with Crippen molar-refractivity contribution in [3.05, 3.63) is 65.7 Å². The van der Waals surface area contributed by atoms with Crippen LogP contribution in [-0.2, 0) is 26.0 Å². The second-order valence-electron chi connectivity index (χ2n) is 14.8. The molecule has 2 aromatic carbocycles. The molecule has 274 valence electrons. The van der Waals surface area contributed by atoms with Crippen LogP contribution in [0.25, 0.3) is 0 Å². The maximum Gasteiger partial charge on any atom is 0.403 e. The number of sulfone groups is 1. The average molecular weight is 739 g/mol. The molecule has 1 saturated carbocycles. The summed E-state index contributed by atoms with van der Waals surface area (Å²) in [4.78, 5) is 48.2. The van der Waals surface area contributed by atoms with Crippen molar-refractivity contribution < 1.29 is 36.0 Å². The van der Waals surface area contributed by atoms with Crippen LogP contribution in [0.15, 0.2) is 59.5 Å². The van der Waals surface area contributed by atoms with Crippen LogP contribution < -0.4 is 0 Å². The first-order valence-electron chi connectivity index (χ1n) is 17.1. The van der Waals surface area contributed by atoms with Crippen molar-refractivity contribution in [1.29, 1.82) is 0 Å². The molecule has 50 heavy (non-hydrogen) atoms. The first-order valence-corrected chi connectivity index (χ1v) is 19.0. The minimum absolute atomic E-state index is 0. The zero-order valence-electron chi connectivity index (χ0n) is 28.7. The molecule has 1 aliphatic carbocycles. The summed E-state index contributed by atoms with van der Waals surface area (Å²) < 4.78 is 66.2. The van der Waals surface area contributed by atoms with Gasteiger partial charge >= 0.3 is 12.2 Å². The topological polar surface area (TPSA) is 98.3 Å². The van der Waals surface area contributed by atoms with E-state index in [0.717, 1.165) is 11.8 Å². The van der Waals surface area contributed by atoms with Gasteiger partial charge in [-0.3, -0.25) is 14.5 Å². The number of hydrogen-bond acceptors (Lipinski definition) is 6.